The molecule has 0 fully saturated rings. The maximum atomic E-state index is 8.98. The van der Waals surface area contributed by atoms with Crippen molar-refractivity contribution >= 4 is 5.82 Å². The maximum absolute atomic E-state index is 8.98. The lowest BCUT2D eigenvalue weighted by atomic mass is 10.1. The summed E-state index contributed by atoms with van der Waals surface area (Å²) in [4.78, 5) is 3.97. The van der Waals surface area contributed by atoms with Crippen molar-refractivity contribution in [2.75, 3.05) is 25.6 Å². The topological polar surface area (TPSA) is 101 Å². The molecule has 0 saturated carbocycles. The molecule has 0 aliphatic carbocycles. The van der Waals surface area contributed by atoms with E-state index < -0.39 is 0 Å². The predicted molar refractivity (Wildman–Crippen MR) is 81.1 cm³/mol. The van der Waals surface area contributed by atoms with Crippen molar-refractivity contribution in [3.05, 3.63) is 36.9 Å². The molecule has 3 aromatic rings. The highest BCUT2D eigenvalue weighted by Crippen LogP contribution is 2.30. The average molecular weight is 300 g/mol. The molecule has 114 valence electrons. The number of rotatable bonds is 6. The van der Waals surface area contributed by atoms with E-state index in [1.54, 1.807) is 18.1 Å². The predicted octanol–water partition coefficient (Wildman–Crippen LogP) is 1.07. The van der Waals surface area contributed by atoms with Gasteiger partial charge < -0.3 is 15.2 Å². The van der Waals surface area contributed by atoms with Gasteiger partial charge in [0.1, 0.15) is 24.1 Å². The number of nitrogens with one attached hydrogen (secondary N) is 2. The number of aliphatic hydroxyl groups is 1. The number of hydrogen-bond acceptors (Lipinski definition) is 6. The van der Waals surface area contributed by atoms with Gasteiger partial charge in [-0.3, -0.25) is 5.10 Å². The number of hydrogen-bond donors (Lipinski definition) is 3. The summed E-state index contributed by atoms with van der Waals surface area (Å²) in [7, 11) is 1.63. The van der Waals surface area contributed by atoms with Gasteiger partial charge in [-0.25, -0.2) is 9.67 Å². The van der Waals surface area contributed by atoms with Crippen molar-refractivity contribution in [2.45, 2.75) is 0 Å². The molecule has 8 nitrogen and oxygen atoms in total. The molecule has 0 radical (unpaired) electrons. The van der Waals surface area contributed by atoms with Gasteiger partial charge in [0.05, 0.1) is 19.4 Å². The Labute approximate surface area is 126 Å². The van der Waals surface area contributed by atoms with E-state index in [1.807, 2.05) is 24.3 Å². The third kappa shape index (κ3) is 2.63. The molecule has 1 aromatic carbocycles. The molecule has 2 heterocycles. The zero-order valence-corrected chi connectivity index (χ0v) is 12.0. The number of ether oxygens (including phenoxy) is 1. The number of benzene rings is 1. The Hall–Kier alpha value is -2.87. The first kappa shape index (κ1) is 14.1. The highest BCUT2D eigenvalue weighted by molar-refractivity contribution is 5.76. The fourth-order valence-corrected chi connectivity index (χ4v) is 2.14. The highest BCUT2D eigenvalue weighted by Gasteiger charge is 2.17. The van der Waals surface area contributed by atoms with Gasteiger partial charge in [0.25, 0.3) is 0 Å². The minimum Gasteiger partial charge on any atom is -0.497 e. The summed E-state index contributed by atoms with van der Waals surface area (Å²) in [6, 6.07) is 7.62. The molecule has 3 rings (SSSR count). The summed E-state index contributed by atoms with van der Waals surface area (Å²) in [6.45, 7) is 0.413. The van der Waals surface area contributed by atoms with Crippen LogP contribution in [0.15, 0.2) is 36.9 Å². The van der Waals surface area contributed by atoms with Crippen LogP contribution in [-0.2, 0) is 0 Å². The van der Waals surface area contributed by atoms with Crippen molar-refractivity contribution in [3.8, 4) is 22.7 Å². The van der Waals surface area contributed by atoms with Crippen LogP contribution in [0.3, 0.4) is 0 Å². The Morgan fingerprint density at radius 2 is 2.14 bits per heavy atom. The second-order valence-corrected chi connectivity index (χ2v) is 4.51. The van der Waals surface area contributed by atoms with Crippen LogP contribution in [0.2, 0.25) is 0 Å². The van der Waals surface area contributed by atoms with E-state index in [2.05, 4.69) is 25.6 Å². The summed E-state index contributed by atoms with van der Waals surface area (Å²) in [5.74, 6) is 1.38. The number of anilines is 1. The monoisotopic (exact) mass is 300 g/mol. The molecule has 0 aliphatic rings. The number of aliphatic hydroxyl groups excluding tert-OH is 1. The van der Waals surface area contributed by atoms with Crippen LogP contribution in [0.1, 0.15) is 0 Å². The normalized spacial score (nSPS) is 10.6. The van der Waals surface area contributed by atoms with E-state index in [1.165, 1.54) is 6.33 Å². The summed E-state index contributed by atoms with van der Waals surface area (Å²) in [5, 5.41) is 23.5. The lowest BCUT2D eigenvalue weighted by molar-refractivity contribution is 0.311. The second kappa shape index (κ2) is 6.27. The van der Waals surface area contributed by atoms with Crippen LogP contribution in [0, 0.1) is 0 Å². The van der Waals surface area contributed by atoms with Crippen molar-refractivity contribution in [2.24, 2.45) is 0 Å². The van der Waals surface area contributed by atoms with Gasteiger partial charge in [0.2, 0.25) is 0 Å². The molecule has 3 N–H and O–H groups in total. The molecule has 22 heavy (non-hydrogen) atoms. The molecule has 0 unspecified atom stereocenters. The number of H-pyrrole nitrogens is 1. The van der Waals surface area contributed by atoms with Gasteiger partial charge in [-0.1, -0.05) is 0 Å². The van der Waals surface area contributed by atoms with Crippen molar-refractivity contribution < 1.29 is 9.84 Å². The molecule has 0 saturated heterocycles. The smallest absolute Gasteiger partial charge is 0.174 e. The molecular weight excluding hydrogens is 284 g/mol. The number of aromatic nitrogens is 5. The van der Waals surface area contributed by atoms with Crippen LogP contribution in [-0.4, -0.2) is 50.3 Å². The van der Waals surface area contributed by atoms with Gasteiger partial charge in [-0.05, 0) is 24.3 Å². The van der Waals surface area contributed by atoms with Crippen molar-refractivity contribution in [1.82, 2.24) is 25.0 Å². The first-order chi connectivity index (χ1) is 10.8. The van der Waals surface area contributed by atoms with Crippen molar-refractivity contribution in [1.29, 1.82) is 0 Å². The van der Waals surface area contributed by atoms with Gasteiger partial charge in [0, 0.05) is 12.1 Å². The first-order valence-corrected chi connectivity index (χ1v) is 6.76. The van der Waals surface area contributed by atoms with E-state index in [9.17, 15) is 0 Å². The highest BCUT2D eigenvalue weighted by atomic mass is 16.5. The van der Waals surface area contributed by atoms with Crippen LogP contribution in [0.25, 0.3) is 16.9 Å². The molecule has 0 amide bonds. The first-order valence-electron chi connectivity index (χ1n) is 6.76. The number of methoxy groups -OCH3 is 1. The number of nitrogens with zero attached hydrogens (tertiary/aromatic N) is 4. The van der Waals surface area contributed by atoms with E-state index in [4.69, 9.17) is 9.84 Å². The minimum absolute atomic E-state index is 0.0154. The van der Waals surface area contributed by atoms with E-state index in [-0.39, 0.29) is 6.61 Å². The third-order valence-corrected chi connectivity index (χ3v) is 3.17. The molecule has 0 atom stereocenters. The Kier molecular flexibility index (Phi) is 4.01. The third-order valence-electron chi connectivity index (χ3n) is 3.17. The lowest BCUT2D eigenvalue weighted by Gasteiger charge is -2.07. The van der Waals surface area contributed by atoms with Crippen LogP contribution >= 0.6 is 0 Å². The van der Waals surface area contributed by atoms with Crippen LogP contribution in [0.4, 0.5) is 5.82 Å². The van der Waals surface area contributed by atoms with Crippen LogP contribution in [0.5, 0.6) is 5.75 Å². The Balaban J connectivity index is 2.04. The van der Waals surface area contributed by atoms with Crippen molar-refractivity contribution in [3.63, 3.8) is 0 Å². The molecular formula is C14H16N6O2. The second-order valence-electron chi connectivity index (χ2n) is 4.51. The van der Waals surface area contributed by atoms with Gasteiger partial charge in [-0.15, -0.1) is 0 Å². The van der Waals surface area contributed by atoms with Crippen LogP contribution < -0.4 is 10.1 Å². The SMILES string of the molecule is COc1ccc(-c2[nH]nc(NCCO)c2-n2cncn2)cc1. The van der Waals surface area contributed by atoms with E-state index in [0.29, 0.717) is 12.4 Å². The fourth-order valence-electron chi connectivity index (χ4n) is 2.14. The lowest BCUT2D eigenvalue weighted by Crippen LogP contribution is -2.08. The van der Waals surface area contributed by atoms with E-state index >= 15 is 0 Å². The molecule has 0 aliphatic heterocycles. The molecule has 8 heteroatoms. The van der Waals surface area contributed by atoms with Gasteiger partial charge >= 0.3 is 0 Å². The zero-order chi connectivity index (χ0) is 15.4. The Bertz CT molecular complexity index is 720. The summed E-state index contributed by atoms with van der Waals surface area (Å²) in [5.41, 5.74) is 2.49. The fraction of sp³-hybridized carbons (Fsp3) is 0.214. The zero-order valence-electron chi connectivity index (χ0n) is 12.0. The summed E-state index contributed by atoms with van der Waals surface area (Å²) < 4.78 is 6.80. The van der Waals surface area contributed by atoms with Gasteiger partial charge in [0.15, 0.2) is 5.82 Å². The molecule has 0 bridgehead atoms. The minimum atomic E-state index is 0.0154. The Morgan fingerprint density at radius 3 is 2.77 bits per heavy atom. The number of aromatic amines is 1. The van der Waals surface area contributed by atoms with Gasteiger partial charge in [-0.2, -0.15) is 10.2 Å². The Morgan fingerprint density at radius 1 is 1.32 bits per heavy atom. The van der Waals surface area contributed by atoms with E-state index in [0.717, 1.165) is 22.7 Å². The molecule has 2 aromatic heterocycles. The summed E-state index contributed by atoms with van der Waals surface area (Å²) in [6.07, 6.45) is 3.06. The standard InChI is InChI=1S/C14H16N6O2/c1-22-11-4-2-10(3-5-11)12-13(20-9-15-8-17-20)14(19-18-12)16-6-7-21/h2-5,8-9,21H,6-7H2,1H3,(H2,16,18,19). The summed E-state index contributed by atoms with van der Waals surface area (Å²) >= 11 is 0. The quantitative estimate of drug-likeness (QED) is 0.629. The largest absolute Gasteiger partial charge is 0.497 e. The average Bonchev–Trinajstić information content (AvgIpc) is 3.22. The maximum Gasteiger partial charge on any atom is 0.174 e. The molecule has 0 spiro atoms.